The van der Waals surface area contributed by atoms with Crippen molar-refractivity contribution < 1.29 is 9.90 Å². The third-order valence-corrected chi connectivity index (χ3v) is 5.37. The van der Waals surface area contributed by atoms with Gasteiger partial charge in [0.25, 0.3) is 0 Å². The Morgan fingerprint density at radius 2 is 1.96 bits per heavy atom. The molecular weight excluding hydrogens is 381 g/mol. The van der Waals surface area contributed by atoms with Crippen molar-refractivity contribution in [1.82, 2.24) is 0 Å². The first-order valence-electron chi connectivity index (χ1n) is 8.99. The summed E-state index contributed by atoms with van der Waals surface area (Å²) in [5.41, 5.74) is 4.42. The van der Waals surface area contributed by atoms with Gasteiger partial charge in [-0.2, -0.15) is 5.26 Å². The number of benzene rings is 2. The summed E-state index contributed by atoms with van der Waals surface area (Å²) in [6, 6.07) is 11.3. The van der Waals surface area contributed by atoms with Gasteiger partial charge in [0.1, 0.15) is 0 Å². The van der Waals surface area contributed by atoms with Crippen molar-refractivity contribution in [3.63, 3.8) is 0 Å². The monoisotopic (exact) mass is 403 g/mol. The smallest absolute Gasteiger partial charge is 0.306 e. The van der Waals surface area contributed by atoms with Crippen LogP contribution in [0, 0.1) is 24.2 Å². The fourth-order valence-electron chi connectivity index (χ4n) is 3.44. The summed E-state index contributed by atoms with van der Waals surface area (Å²) in [7, 11) is 0. The van der Waals surface area contributed by atoms with Crippen LogP contribution >= 0.6 is 23.2 Å². The minimum absolute atomic E-state index is 0.226. The fourth-order valence-corrected chi connectivity index (χ4v) is 4.11. The maximum absolute atomic E-state index is 11.5. The lowest BCUT2D eigenvalue weighted by Gasteiger charge is -2.26. The number of aryl methyl sites for hydroxylation is 2. The van der Waals surface area contributed by atoms with E-state index in [4.69, 9.17) is 23.2 Å². The third-order valence-electron chi connectivity index (χ3n) is 4.84. The molecule has 0 aliphatic heterocycles. The molecule has 27 heavy (non-hydrogen) atoms. The number of carboxylic acid groups (broad SMARTS) is 1. The highest BCUT2D eigenvalue weighted by Gasteiger charge is 2.27. The molecule has 0 radical (unpaired) electrons. The van der Waals surface area contributed by atoms with Crippen LogP contribution in [0.25, 0.3) is 0 Å². The maximum Gasteiger partial charge on any atom is 0.306 e. The van der Waals surface area contributed by atoms with Crippen LogP contribution in [0.2, 0.25) is 10.0 Å². The topological polar surface area (TPSA) is 61.1 Å². The molecule has 2 rings (SSSR count). The van der Waals surface area contributed by atoms with Gasteiger partial charge in [0.2, 0.25) is 0 Å². The summed E-state index contributed by atoms with van der Waals surface area (Å²) in [5, 5.41) is 19.9. The summed E-state index contributed by atoms with van der Waals surface area (Å²) >= 11 is 12.8. The zero-order chi connectivity index (χ0) is 20.1. The van der Waals surface area contributed by atoms with Crippen molar-refractivity contribution in [2.75, 3.05) is 0 Å². The van der Waals surface area contributed by atoms with Crippen LogP contribution in [0.4, 0.5) is 0 Å². The molecule has 0 bridgehead atoms. The Hall–Kier alpha value is -2.02. The summed E-state index contributed by atoms with van der Waals surface area (Å²) in [6.45, 7) is 5.75. The van der Waals surface area contributed by atoms with E-state index < -0.39 is 11.9 Å². The van der Waals surface area contributed by atoms with Gasteiger partial charge < -0.3 is 5.11 Å². The first kappa shape index (κ1) is 21.3. The van der Waals surface area contributed by atoms with E-state index in [1.807, 2.05) is 25.1 Å². The number of hydrogen-bond acceptors (Lipinski definition) is 2. The van der Waals surface area contributed by atoms with Crippen molar-refractivity contribution in [1.29, 1.82) is 5.26 Å². The number of carboxylic acids is 1. The predicted octanol–water partition coefficient (Wildman–Crippen LogP) is 6.37. The van der Waals surface area contributed by atoms with Crippen LogP contribution in [0.5, 0.6) is 0 Å². The number of nitriles is 1. The molecule has 0 heterocycles. The molecule has 0 spiro atoms. The van der Waals surface area contributed by atoms with Gasteiger partial charge >= 0.3 is 5.97 Å². The van der Waals surface area contributed by atoms with Gasteiger partial charge in [0, 0.05) is 16.0 Å². The van der Waals surface area contributed by atoms with E-state index in [1.54, 1.807) is 19.1 Å². The molecule has 5 heteroatoms. The van der Waals surface area contributed by atoms with Crippen LogP contribution in [-0.2, 0) is 11.2 Å². The van der Waals surface area contributed by atoms with Crippen LogP contribution in [0.1, 0.15) is 60.4 Å². The number of rotatable bonds is 7. The second kappa shape index (κ2) is 9.26. The Balaban J connectivity index is 2.72. The molecule has 0 aromatic heterocycles. The maximum atomic E-state index is 11.5. The largest absolute Gasteiger partial charge is 0.481 e. The Bertz CT molecular complexity index is 887. The van der Waals surface area contributed by atoms with E-state index in [0.717, 1.165) is 35.1 Å². The summed E-state index contributed by atoms with van der Waals surface area (Å²) in [4.78, 5) is 11.5. The second-order valence-corrected chi connectivity index (χ2v) is 7.76. The lowest BCUT2D eigenvalue weighted by atomic mass is 9.79. The van der Waals surface area contributed by atoms with E-state index in [0.29, 0.717) is 22.0 Å². The molecular formula is C22H23Cl2NO2. The first-order valence-corrected chi connectivity index (χ1v) is 9.75. The SMILES string of the molecule is CCCc1cc(Cl)cc(Cl)c1C(CC(C)C(=O)O)c1cc(C#N)ccc1C. The molecule has 0 aliphatic carbocycles. The molecule has 3 nitrogen and oxygen atoms in total. The van der Waals surface area contributed by atoms with Gasteiger partial charge in [-0.25, -0.2) is 0 Å². The van der Waals surface area contributed by atoms with Gasteiger partial charge in [-0.15, -0.1) is 0 Å². The average molecular weight is 404 g/mol. The minimum Gasteiger partial charge on any atom is -0.481 e. The molecule has 1 N–H and O–H groups in total. The Morgan fingerprint density at radius 1 is 1.26 bits per heavy atom. The summed E-state index contributed by atoms with van der Waals surface area (Å²) in [6.07, 6.45) is 2.11. The van der Waals surface area contributed by atoms with Crippen molar-refractivity contribution in [3.8, 4) is 6.07 Å². The van der Waals surface area contributed by atoms with Crippen LogP contribution in [-0.4, -0.2) is 11.1 Å². The second-order valence-electron chi connectivity index (χ2n) is 6.92. The van der Waals surface area contributed by atoms with Crippen molar-refractivity contribution in [2.24, 2.45) is 5.92 Å². The Morgan fingerprint density at radius 3 is 2.56 bits per heavy atom. The molecule has 142 valence electrons. The molecule has 2 aromatic rings. The van der Waals surface area contributed by atoms with Gasteiger partial charge in [0.15, 0.2) is 0 Å². The molecule has 0 saturated carbocycles. The molecule has 0 fully saturated rings. The van der Waals surface area contributed by atoms with E-state index >= 15 is 0 Å². The number of halogens is 2. The number of hydrogen-bond donors (Lipinski definition) is 1. The molecule has 2 aromatic carbocycles. The van der Waals surface area contributed by atoms with Crippen LogP contribution in [0.15, 0.2) is 30.3 Å². The summed E-state index contributed by atoms with van der Waals surface area (Å²) < 4.78 is 0. The zero-order valence-electron chi connectivity index (χ0n) is 15.7. The van der Waals surface area contributed by atoms with E-state index in [2.05, 4.69) is 13.0 Å². The highest BCUT2D eigenvalue weighted by molar-refractivity contribution is 6.35. The Kier molecular flexibility index (Phi) is 7.30. The van der Waals surface area contributed by atoms with Crippen LogP contribution in [0.3, 0.4) is 0 Å². The predicted molar refractivity (Wildman–Crippen MR) is 110 cm³/mol. The third kappa shape index (κ3) is 5.03. The normalized spacial score (nSPS) is 13.0. The van der Waals surface area contributed by atoms with Gasteiger partial charge in [0.05, 0.1) is 17.6 Å². The van der Waals surface area contributed by atoms with E-state index in [-0.39, 0.29) is 5.92 Å². The molecule has 0 amide bonds. The van der Waals surface area contributed by atoms with Crippen LogP contribution < -0.4 is 0 Å². The lowest BCUT2D eigenvalue weighted by Crippen LogP contribution is -2.17. The average Bonchev–Trinajstić information content (AvgIpc) is 2.60. The number of carbonyl (C=O) groups is 1. The molecule has 0 aliphatic rings. The molecule has 2 atom stereocenters. The zero-order valence-corrected chi connectivity index (χ0v) is 17.2. The first-order chi connectivity index (χ1) is 12.8. The highest BCUT2D eigenvalue weighted by atomic mass is 35.5. The van der Waals surface area contributed by atoms with Gasteiger partial charge in [-0.1, -0.05) is 49.5 Å². The highest BCUT2D eigenvalue weighted by Crippen LogP contribution is 2.41. The fraction of sp³-hybridized carbons (Fsp3) is 0.364. The van der Waals surface area contributed by atoms with Crippen molar-refractivity contribution in [2.45, 2.75) is 46.0 Å². The van der Waals surface area contributed by atoms with Crippen molar-refractivity contribution in [3.05, 3.63) is 68.2 Å². The molecule has 2 unspecified atom stereocenters. The van der Waals surface area contributed by atoms with E-state index in [1.165, 1.54) is 0 Å². The standard InChI is InChI=1S/C22H23Cl2NO2/c1-4-5-16-10-17(23)11-20(24)21(16)19(8-14(3)22(26)27)18-9-15(12-25)7-6-13(18)2/h6-7,9-11,14,19H,4-5,8H2,1-3H3,(H,26,27). The van der Waals surface area contributed by atoms with E-state index in [9.17, 15) is 15.2 Å². The molecule has 0 saturated heterocycles. The number of aliphatic carboxylic acids is 1. The van der Waals surface area contributed by atoms with Gasteiger partial charge in [-0.3, -0.25) is 4.79 Å². The lowest BCUT2D eigenvalue weighted by molar-refractivity contribution is -0.141. The minimum atomic E-state index is -0.851. The van der Waals surface area contributed by atoms with Crippen molar-refractivity contribution >= 4 is 29.2 Å². The van der Waals surface area contributed by atoms with Gasteiger partial charge in [-0.05, 0) is 66.3 Å². The quantitative estimate of drug-likeness (QED) is 0.583. The summed E-state index contributed by atoms with van der Waals surface area (Å²) in [5.74, 6) is -1.63. The number of nitrogens with zero attached hydrogens (tertiary/aromatic N) is 1. The Labute approximate surface area is 170 Å².